The summed E-state index contributed by atoms with van der Waals surface area (Å²) in [5.74, 6) is -0.161. The zero-order valence-corrected chi connectivity index (χ0v) is 13.0. The van der Waals surface area contributed by atoms with Crippen LogP contribution in [0.2, 0.25) is 0 Å². The molecule has 0 aliphatic rings. The van der Waals surface area contributed by atoms with Crippen molar-refractivity contribution in [2.24, 2.45) is 0 Å². The number of carbonyl (C=O) groups excluding carboxylic acids is 1. The van der Waals surface area contributed by atoms with Gasteiger partial charge in [-0.1, -0.05) is 18.2 Å². The number of para-hydroxylation sites is 1. The van der Waals surface area contributed by atoms with Gasteiger partial charge in [-0.15, -0.1) is 0 Å². The van der Waals surface area contributed by atoms with E-state index >= 15 is 0 Å². The van der Waals surface area contributed by atoms with E-state index in [1.165, 1.54) is 0 Å². The van der Waals surface area contributed by atoms with Crippen molar-refractivity contribution in [1.82, 2.24) is 20.4 Å². The molecule has 0 fully saturated rings. The van der Waals surface area contributed by atoms with Crippen LogP contribution in [0.15, 0.2) is 36.4 Å². The second-order valence-electron chi connectivity index (χ2n) is 4.92. The van der Waals surface area contributed by atoms with Crippen LogP contribution in [0.4, 0.5) is 0 Å². The van der Waals surface area contributed by atoms with Gasteiger partial charge in [0.2, 0.25) is 0 Å². The van der Waals surface area contributed by atoms with E-state index in [9.17, 15) is 4.79 Å². The summed E-state index contributed by atoms with van der Waals surface area (Å²) in [6, 6.07) is 11.6. The molecule has 22 heavy (non-hydrogen) atoms. The van der Waals surface area contributed by atoms with E-state index in [2.05, 4.69) is 15.7 Å². The SMILES string of the molecule is COCCNCCNC(=O)c1cc(C)n(-c2ccccc2)n1. The standard InChI is InChI=1S/C16H22N4O2/c1-13-12-15(16(21)18-9-8-17-10-11-22-2)19-20(13)14-6-4-3-5-7-14/h3-7,12,17H,8-11H2,1-2H3,(H,18,21). The topological polar surface area (TPSA) is 68.2 Å². The highest BCUT2D eigenvalue weighted by atomic mass is 16.5. The lowest BCUT2D eigenvalue weighted by molar-refractivity contribution is 0.0948. The number of methoxy groups -OCH3 is 1. The van der Waals surface area contributed by atoms with Gasteiger partial charge in [-0.2, -0.15) is 5.10 Å². The lowest BCUT2D eigenvalue weighted by Crippen LogP contribution is -2.33. The van der Waals surface area contributed by atoms with Crippen LogP contribution in [-0.4, -0.2) is 49.0 Å². The quantitative estimate of drug-likeness (QED) is 0.718. The van der Waals surface area contributed by atoms with Gasteiger partial charge in [0.15, 0.2) is 5.69 Å². The van der Waals surface area contributed by atoms with Crippen molar-refractivity contribution in [1.29, 1.82) is 0 Å². The molecule has 2 rings (SSSR count). The maximum atomic E-state index is 12.1. The maximum absolute atomic E-state index is 12.1. The van der Waals surface area contributed by atoms with Gasteiger partial charge in [-0.25, -0.2) is 4.68 Å². The van der Waals surface area contributed by atoms with Crippen molar-refractivity contribution < 1.29 is 9.53 Å². The van der Waals surface area contributed by atoms with E-state index in [0.717, 1.165) is 17.9 Å². The summed E-state index contributed by atoms with van der Waals surface area (Å²) in [6.07, 6.45) is 0. The Morgan fingerprint density at radius 2 is 2.00 bits per heavy atom. The number of rotatable bonds is 8. The van der Waals surface area contributed by atoms with Crippen LogP contribution in [0.1, 0.15) is 16.2 Å². The summed E-state index contributed by atoms with van der Waals surface area (Å²) >= 11 is 0. The Morgan fingerprint density at radius 3 is 2.73 bits per heavy atom. The first kappa shape index (κ1) is 16.2. The Hall–Kier alpha value is -2.18. The van der Waals surface area contributed by atoms with Gasteiger partial charge in [0.1, 0.15) is 0 Å². The Kier molecular flexibility index (Phi) is 6.12. The predicted molar refractivity (Wildman–Crippen MR) is 85.4 cm³/mol. The molecule has 6 heteroatoms. The smallest absolute Gasteiger partial charge is 0.271 e. The number of ether oxygens (including phenoxy) is 1. The summed E-state index contributed by atoms with van der Waals surface area (Å²) in [5.41, 5.74) is 2.30. The third-order valence-corrected chi connectivity index (χ3v) is 3.19. The molecule has 1 aromatic heterocycles. The van der Waals surface area contributed by atoms with E-state index in [4.69, 9.17) is 4.74 Å². The largest absolute Gasteiger partial charge is 0.383 e. The number of hydrogen-bond donors (Lipinski definition) is 2. The highest BCUT2D eigenvalue weighted by molar-refractivity contribution is 5.92. The second kappa shape index (κ2) is 8.31. The fraction of sp³-hybridized carbons (Fsp3) is 0.375. The van der Waals surface area contributed by atoms with Crippen LogP contribution in [0, 0.1) is 6.92 Å². The fourth-order valence-electron chi connectivity index (χ4n) is 2.07. The lowest BCUT2D eigenvalue weighted by Gasteiger charge is -2.05. The molecule has 0 radical (unpaired) electrons. The minimum atomic E-state index is -0.161. The molecule has 0 saturated carbocycles. The Morgan fingerprint density at radius 1 is 1.23 bits per heavy atom. The molecule has 1 heterocycles. The molecule has 0 atom stereocenters. The number of carbonyl (C=O) groups is 1. The fourth-order valence-corrected chi connectivity index (χ4v) is 2.07. The van der Waals surface area contributed by atoms with Crippen molar-refractivity contribution >= 4 is 5.91 Å². The third kappa shape index (κ3) is 4.41. The summed E-state index contributed by atoms with van der Waals surface area (Å²) in [5, 5.41) is 10.4. The first-order chi connectivity index (χ1) is 10.7. The molecule has 0 bridgehead atoms. The molecule has 2 aromatic rings. The van der Waals surface area contributed by atoms with Gasteiger partial charge < -0.3 is 15.4 Å². The number of nitrogens with one attached hydrogen (secondary N) is 2. The summed E-state index contributed by atoms with van der Waals surface area (Å²) in [4.78, 5) is 12.1. The molecule has 0 spiro atoms. The van der Waals surface area contributed by atoms with Crippen molar-refractivity contribution in [2.75, 3.05) is 33.4 Å². The van der Waals surface area contributed by atoms with Gasteiger partial charge in [0.25, 0.3) is 5.91 Å². The number of hydrogen-bond acceptors (Lipinski definition) is 4. The molecule has 118 valence electrons. The second-order valence-corrected chi connectivity index (χ2v) is 4.92. The van der Waals surface area contributed by atoms with Gasteiger partial charge in [0, 0.05) is 32.4 Å². The maximum Gasteiger partial charge on any atom is 0.271 e. The zero-order chi connectivity index (χ0) is 15.8. The molecule has 0 unspecified atom stereocenters. The number of benzene rings is 1. The Labute approximate surface area is 130 Å². The van der Waals surface area contributed by atoms with Gasteiger partial charge in [-0.3, -0.25) is 4.79 Å². The molecule has 2 N–H and O–H groups in total. The van der Waals surface area contributed by atoms with Crippen molar-refractivity contribution in [3.63, 3.8) is 0 Å². The van der Waals surface area contributed by atoms with Gasteiger partial charge in [-0.05, 0) is 25.1 Å². The first-order valence-corrected chi connectivity index (χ1v) is 7.32. The van der Waals surface area contributed by atoms with Crippen LogP contribution in [0.25, 0.3) is 5.69 Å². The number of nitrogens with zero attached hydrogens (tertiary/aromatic N) is 2. The van der Waals surface area contributed by atoms with Gasteiger partial charge in [0.05, 0.1) is 12.3 Å². The number of amides is 1. The van der Waals surface area contributed by atoms with E-state index in [-0.39, 0.29) is 5.91 Å². The summed E-state index contributed by atoms with van der Waals surface area (Å²) in [7, 11) is 1.66. The monoisotopic (exact) mass is 302 g/mol. The molecule has 0 saturated heterocycles. The van der Waals surface area contributed by atoms with Crippen molar-refractivity contribution in [3.8, 4) is 5.69 Å². The number of aromatic nitrogens is 2. The first-order valence-electron chi connectivity index (χ1n) is 7.32. The molecule has 1 aromatic carbocycles. The highest BCUT2D eigenvalue weighted by Gasteiger charge is 2.12. The number of aryl methyl sites for hydroxylation is 1. The van der Waals surface area contributed by atoms with Crippen molar-refractivity contribution in [2.45, 2.75) is 6.92 Å². The van der Waals surface area contributed by atoms with E-state index in [0.29, 0.717) is 25.4 Å². The normalized spacial score (nSPS) is 10.6. The summed E-state index contributed by atoms with van der Waals surface area (Å²) in [6.45, 7) is 4.62. The van der Waals surface area contributed by atoms with E-state index in [1.54, 1.807) is 17.9 Å². The van der Waals surface area contributed by atoms with E-state index in [1.807, 2.05) is 37.3 Å². The van der Waals surface area contributed by atoms with Crippen LogP contribution in [0.5, 0.6) is 0 Å². The van der Waals surface area contributed by atoms with Crippen LogP contribution < -0.4 is 10.6 Å². The van der Waals surface area contributed by atoms with Crippen LogP contribution in [0.3, 0.4) is 0 Å². The highest BCUT2D eigenvalue weighted by Crippen LogP contribution is 2.11. The Bertz CT molecular complexity index is 595. The minimum Gasteiger partial charge on any atom is -0.383 e. The van der Waals surface area contributed by atoms with Crippen LogP contribution in [-0.2, 0) is 4.74 Å². The minimum absolute atomic E-state index is 0.161. The predicted octanol–water partition coefficient (Wildman–Crippen LogP) is 1.15. The van der Waals surface area contributed by atoms with Crippen molar-refractivity contribution in [3.05, 3.63) is 47.8 Å². The average Bonchev–Trinajstić information content (AvgIpc) is 2.93. The lowest BCUT2D eigenvalue weighted by atomic mass is 10.3. The molecule has 0 aliphatic carbocycles. The molecular formula is C16H22N4O2. The van der Waals surface area contributed by atoms with E-state index < -0.39 is 0 Å². The molecule has 6 nitrogen and oxygen atoms in total. The van der Waals surface area contributed by atoms with Gasteiger partial charge >= 0.3 is 0 Å². The third-order valence-electron chi connectivity index (χ3n) is 3.19. The average molecular weight is 302 g/mol. The summed E-state index contributed by atoms with van der Waals surface area (Å²) < 4.78 is 6.70. The molecule has 0 aliphatic heterocycles. The van der Waals surface area contributed by atoms with Crippen LogP contribution >= 0.6 is 0 Å². The molecule has 1 amide bonds. The molecular weight excluding hydrogens is 280 g/mol. The Balaban J connectivity index is 1.89. The zero-order valence-electron chi connectivity index (χ0n) is 13.0.